The largest absolute Gasteiger partial charge is 0.496 e. The van der Waals surface area contributed by atoms with E-state index in [0.717, 1.165) is 11.6 Å². The van der Waals surface area contributed by atoms with Crippen LogP contribution in [-0.2, 0) is 11.6 Å². The monoisotopic (exact) mass is 496 g/mol. The van der Waals surface area contributed by atoms with Gasteiger partial charge in [-0.2, -0.15) is 13.2 Å². The molecule has 1 heterocycles. The van der Waals surface area contributed by atoms with Crippen LogP contribution in [0.25, 0.3) is 22.1 Å². The molecule has 4 aromatic rings. The summed E-state index contributed by atoms with van der Waals surface area (Å²) in [6, 6.07) is 16.4. The Morgan fingerprint density at radius 3 is 2.19 bits per heavy atom. The summed E-state index contributed by atoms with van der Waals surface area (Å²) in [6.07, 6.45) is -4.97. The zero-order chi connectivity index (χ0) is 26.3. The number of carbonyl (C=O) groups is 1. The molecule has 4 rings (SSSR count). The maximum atomic E-state index is 14.0. The summed E-state index contributed by atoms with van der Waals surface area (Å²) in [7, 11) is 1.30. The standard InChI is InChI=1S/C28H23F3O5/c1-27(2,3)17-11-9-16(10-12-17)26(33)35-18-13-14-20-22(15-18)36-25(28(29,30)31)23(24(20)32)19-7-5-6-8-21(19)34-4/h5-15H,1-4H3. The molecule has 0 aliphatic heterocycles. The van der Waals surface area contributed by atoms with Gasteiger partial charge in [0.1, 0.15) is 17.1 Å². The molecule has 0 amide bonds. The quantitative estimate of drug-likeness (QED) is 0.225. The van der Waals surface area contributed by atoms with Crippen LogP contribution in [-0.4, -0.2) is 13.1 Å². The van der Waals surface area contributed by atoms with Gasteiger partial charge >= 0.3 is 12.1 Å². The van der Waals surface area contributed by atoms with Crippen molar-refractivity contribution in [3.05, 3.63) is 93.8 Å². The Morgan fingerprint density at radius 1 is 0.917 bits per heavy atom. The van der Waals surface area contributed by atoms with Crippen LogP contribution >= 0.6 is 0 Å². The van der Waals surface area contributed by atoms with Crippen molar-refractivity contribution in [2.24, 2.45) is 0 Å². The minimum atomic E-state index is -4.97. The van der Waals surface area contributed by atoms with E-state index in [2.05, 4.69) is 0 Å². The van der Waals surface area contributed by atoms with Gasteiger partial charge in [0.2, 0.25) is 11.2 Å². The fraction of sp³-hybridized carbons (Fsp3) is 0.214. The fourth-order valence-electron chi connectivity index (χ4n) is 3.80. The van der Waals surface area contributed by atoms with Gasteiger partial charge in [-0.05, 0) is 41.3 Å². The minimum absolute atomic E-state index is 0.0443. The first-order chi connectivity index (χ1) is 16.9. The number of alkyl halides is 3. The third-order valence-corrected chi connectivity index (χ3v) is 5.69. The summed E-state index contributed by atoms with van der Waals surface area (Å²) in [6.45, 7) is 6.12. The molecule has 0 saturated heterocycles. The summed E-state index contributed by atoms with van der Waals surface area (Å²) in [5.41, 5.74) is -0.752. The van der Waals surface area contributed by atoms with Gasteiger partial charge in [0.05, 0.1) is 23.6 Å². The molecule has 36 heavy (non-hydrogen) atoms. The van der Waals surface area contributed by atoms with E-state index in [9.17, 15) is 22.8 Å². The number of esters is 1. The van der Waals surface area contributed by atoms with Gasteiger partial charge in [0, 0.05) is 11.6 Å². The molecule has 0 aliphatic rings. The summed E-state index contributed by atoms with van der Waals surface area (Å²) in [5.74, 6) is -2.13. The van der Waals surface area contributed by atoms with Gasteiger partial charge in [-0.3, -0.25) is 4.79 Å². The first-order valence-corrected chi connectivity index (χ1v) is 11.0. The summed E-state index contributed by atoms with van der Waals surface area (Å²) >= 11 is 0. The highest BCUT2D eigenvalue weighted by Gasteiger charge is 2.40. The number of rotatable bonds is 4. The zero-order valence-electron chi connectivity index (χ0n) is 20.0. The number of carbonyl (C=O) groups excluding carboxylic acids is 1. The molecular weight excluding hydrogens is 473 g/mol. The van der Waals surface area contributed by atoms with Crippen molar-refractivity contribution < 1.29 is 31.9 Å². The average Bonchev–Trinajstić information content (AvgIpc) is 2.83. The van der Waals surface area contributed by atoms with E-state index in [0.29, 0.717) is 0 Å². The lowest BCUT2D eigenvalue weighted by atomic mass is 9.87. The number of ether oxygens (including phenoxy) is 2. The second kappa shape index (κ2) is 9.18. The van der Waals surface area contributed by atoms with Crippen molar-refractivity contribution in [1.29, 1.82) is 0 Å². The molecule has 0 saturated carbocycles. The lowest BCUT2D eigenvalue weighted by molar-refractivity contribution is -0.152. The van der Waals surface area contributed by atoms with E-state index in [-0.39, 0.29) is 39.0 Å². The van der Waals surface area contributed by atoms with Crippen molar-refractivity contribution in [3.8, 4) is 22.6 Å². The predicted molar refractivity (Wildman–Crippen MR) is 130 cm³/mol. The van der Waals surface area contributed by atoms with E-state index < -0.39 is 28.9 Å². The topological polar surface area (TPSA) is 65.7 Å². The van der Waals surface area contributed by atoms with Crippen molar-refractivity contribution in [2.45, 2.75) is 32.4 Å². The first kappa shape index (κ1) is 25.0. The number of methoxy groups -OCH3 is 1. The molecule has 3 aromatic carbocycles. The van der Waals surface area contributed by atoms with E-state index in [1.165, 1.54) is 37.4 Å². The molecule has 0 bridgehead atoms. The maximum Gasteiger partial charge on any atom is 0.450 e. The zero-order valence-corrected chi connectivity index (χ0v) is 20.0. The van der Waals surface area contributed by atoms with Crippen LogP contribution in [0, 0.1) is 0 Å². The van der Waals surface area contributed by atoms with Crippen LogP contribution in [0.4, 0.5) is 13.2 Å². The van der Waals surface area contributed by atoms with Gasteiger partial charge in [0.15, 0.2) is 0 Å². The highest BCUT2D eigenvalue weighted by molar-refractivity contribution is 5.92. The number of para-hydroxylation sites is 1. The highest BCUT2D eigenvalue weighted by atomic mass is 19.4. The number of halogens is 3. The Labute approximate surface area is 205 Å². The first-order valence-electron chi connectivity index (χ1n) is 11.0. The number of fused-ring (bicyclic) bond motifs is 1. The van der Waals surface area contributed by atoms with E-state index in [1.54, 1.807) is 18.2 Å². The minimum Gasteiger partial charge on any atom is -0.496 e. The molecule has 0 spiro atoms. The van der Waals surface area contributed by atoms with Crippen molar-refractivity contribution in [1.82, 2.24) is 0 Å². The van der Waals surface area contributed by atoms with Crippen molar-refractivity contribution in [3.63, 3.8) is 0 Å². The third kappa shape index (κ3) is 4.84. The van der Waals surface area contributed by atoms with Crippen molar-refractivity contribution >= 4 is 16.9 Å². The molecular formula is C28H23F3O5. The summed E-state index contributed by atoms with van der Waals surface area (Å²) < 4.78 is 57.6. The van der Waals surface area contributed by atoms with E-state index in [4.69, 9.17) is 13.9 Å². The lowest BCUT2D eigenvalue weighted by Gasteiger charge is -2.18. The van der Waals surface area contributed by atoms with Gasteiger partial charge in [-0.1, -0.05) is 51.1 Å². The Bertz CT molecular complexity index is 1490. The Hall–Kier alpha value is -4.07. The Morgan fingerprint density at radius 2 is 1.58 bits per heavy atom. The van der Waals surface area contributed by atoms with Crippen LogP contribution in [0.5, 0.6) is 11.5 Å². The van der Waals surface area contributed by atoms with E-state index in [1.807, 2.05) is 32.9 Å². The second-order valence-corrected chi connectivity index (χ2v) is 9.21. The van der Waals surface area contributed by atoms with Gasteiger partial charge in [-0.25, -0.2) is 4.79 Å². The third-order valence-electron chi connectivity index (χ3n) is 5.69. The molecule has 0 N–H and O–H groups in total. The van der Waals surface area contributed by atoms with Gasteiger partial charge < -0.3 is 13.9 Å². The normalized spacial score (nSPS) is 12.0. The Balaban J connectivity index is 1.76. The smallest absolute Gasteiger partial charge is 0.450 e. The number of hydrogen-bond donors (Lipinski definition) is 0. The molecule has 186 valence electrons. The number of benzene rings is 3. The highest BCUT2D eigenvalue weighted by Crippen LogP contribution is 2.40. The average molecular weight is 496 g/mol. The fourth-order valence-corrected chi connectivity index (χ4v) is 3.80. The summed E-state index contributed by atoms with van der Waals surface area (Å²) in [5, 5.41) is -0.0989. The van der Waals surface area contributed by atoms with Gasteiger partial charge in [-0.15, -0.1) is 0 Å². The molecule has 0 aliphatic carbocycles. The molecule has 0 fully saturated rings. The number of hydrogen-bond acceptors (Lipinski definition) is 5. The molecule has 1 aromatic heterocycles. The second-order valence-electron chi connectivity index (χ2n) is 9.21. The van der Waals surface area contributed by atoms with Crippen molar-refractivity contribution in [2.75, 3.05) is 7.11 Å². The molecule has 0 unspecified atom stereocenters. The predicted octanol–water partition coefficient (Wildman–Crippen LogP) is 7.00. The molecule has 5 nitrogen and oxygen atoms in total. The maximum absolute atomic E-state index is 14.0. The van der Waals surface area contributed by atoms with Crippen LogP contribution in [0.15, 0.2) is 75.9 Å². The van der Waals surface area contributed by atoms with Crippen LogP contribution in [0.1, 0.15) is 42.5 Å². The summed E-state index contributed by atoms with van der Waals surface area (Å²) in [4.78, 5) is 25.8. The van der Waals surface area contributed by atoms with Gasteiger partial charge in [0.25, 0.3) is 0 Å². The lowest BCUT2D eigenvalue weighted by Crippen LogP contribution is -2.16. The SMILES string of the molecule is COc1ccccc1-c1c(C(F)(F)F)oc2cc(OC(=O)c3ccc(C(C)(C)C)cc3)ccc2c1=O. The van der Waals surface area contributed by atoms with E-state index >= 15 is 0 Å². The molecule has 8 heteroatoms. The van der Waals surface area contributed by atoms with Crippen LogP contribution < -0.4 is 14.9 Å². The molecule has 0 radical (unpaired) electrons. The molecule has 0 atom stereocenters. The Kier molecular flexibility index (Phi) is 6.39. The van der Waals surface area contributed by atoms with Crippen LogP contribution in [0.2, 0.25) is 0 Å². The van der Waals surface area contributed by atoms with Crippen LogP contribution in [0.3, 0.4) is 0 Å².